The summed E-state index contributed by atoms with van der Waals surface area (Å²) >= 11 is 0. The molecule has 0 radical (unpaired) electrons. The third-order valence-electron chi connectivity index (χ3n) is 11.9. The number of carbonyl (C=O) groups excluding carboxylic acids is 2. The summed E-state index contributed by atoms with van der Waals surface area (Å²) in [4.78, 5) is 26.7. The molecule has 9 nitrogen and oxygen atoms in total. The van der Waals surface area contributed by atoms with Crippen molar-refractivity contribution in [1.82, 2.24) is 0 Å². The fourth-order valence-electron chi connectivity index (χ4n) is 9.24. The normalized spacial score (nSPS) is 41.3. The lowest BCUT2D eigenvalue weighted by atomic mass is 9.44. The molecule has 10 unspecified atom stereocenters. The molecule has 1 aromatic rings. The number of aliphatic hydroxyl groups excluding tert-OH is 2. The zero-order chi connectivity index (χ0) is 31.8. The van der Waals surface area contributed by atoms with E-state index in [-0.39, 0.29) is 32.1 Å². The van der Waals surface area contributed by atoms with Crippen LogP contribution in [0.5, 0.6) is 0 Å². The molecule has 3 saturated carbocycles. The van der Waals surface area contributed by atoms with Gasteiger partial charge in [-0.05, 0) is 101 Å². The number of benzene rings is 1. The summed E-state index contributed by atoms with van der Waals surface area (Å²) in [5, 5.41) is 68.0. The number of fused-ring (bicyclic) bond motifs is 5. The Labute approximate surface area is 253 Å². The molecule has 0 saturated heterocycles. The van der Waals surface area contributed by atoms with E-state index in [4.69, 9.17) is 4.74 Å². The van der Waals surface area contributed by atoms with Gasteiger partial charge in [-0.25, -0.2) is 4.79 Å². The molecule has 0 aliphatic heterocycles. The number of carbonyl (C=O) groups is 2. The molecule has 0 heterocycles. The van der Waals surface area contributed by atoms with Gasteiger partial charge in [0.1, 0.15) is 17.3 Å². The highest BCUT2D eigenvalue weighted by molar-refractivity contribution is 6.00. The van der Waals surface area contributed by atoms with E-state index >= 15 is 0 Å². The zero-order valence-corrected chi connectivity index (χ0v) is 25.9. The highest BCUT2D eigenvalue weighted by Gasteiger charge is 2.72. The van der Waals surface area contributed by atoms with Crippen LogP contribution in [0.2, 0.25) is 0 Å². The molecule has 43 heavy (non-hydrogen) atoms. The molecule has 4 aliphatic carbocycles. The first-order valence-corrected chi connectivity index (χ1v) is 15.6. The molecule has 0 spiro atoms. The highest BCUT2D eigenvalue weighted by Crippen LogP contribution is 2.69. The molecule has 9 heteroatoms. The average molecular weight is 601 g/mol. The van der Waals surface area contributed by atoms with E-state index in [0.29, 0.717) is 30.4 Å². The number of esters is 1. The molecule has 4 aliphatic rings. The van der Waals surface area contributed by atoms with Gasteiger partial charge in [-0.2, -0.15) is 0 Å². The lowest BCUT2D eigenvalue weighted by Crippen LogP contribution is -2.69. The monoisotopic (exact) mass is 600 g/mol. The largest absolute Gasteiger partial charge is 0.456 e. The predicted octanol–water partition coefficient (Wildman–Crippen LogP) is 2.83. The second kappa shape index (κ2) is 10.5. The summed E-state index contributed by atoms with van der Waals surface area (Å²) in [6.45, 7) is 8.62. The van der Waals surface area contributed by atoms with Gasteiger partial charge in [0.25, 0.3) is 0 Å². The van der Waals surface area contributed by atoms with E-state index in [9.17, 15) is 40.2 Å². The Morgan fingerprint density at radius 3 is 2.21 bits per heavy atom. The fourth-order valence-corrected chi connectivity index (χ4v) is 9.24. The number of ether oxygens (including phenoxy) is 1. The van der Waals surface area contributed by atoms with E-state index in [1.807, 2.05) is 6.92 Å². The van der Waals surface area contributed by atoms with Crippen LogP contribution in [-0.2, 0) is 9.53 Å². The minimum Gasteiger partial charge on any atom is -0.456 e. The Bertz CT molecular complexity index is 1280. The van der Waals surface area contributed by atoms with Crippen LogP contribution in [-0.4, -0.2) is 83.1 Å². The second-order valence-corrected chi connectivity index (χ2v) is 15.1. The van der Waals surface area contributed by atoms with Gasteiger partial charge in [-0.3, -0.25) is 4.79 Å². The maximum Gasteiger partial charge on any atom is 0.338 e. The molecule has 6 N–H and O–H groups in total. The van der Waals surface area contributed by atoms with Gasteiger partial charge in [-0.1, -0.05) is 32.0 Å². The number of rotatable bonds is 7. The van der Waals surface area contributed by atoms with Crippen LogP contribution in [0.4, 0.5) is 0 Å². The van der Waals surface area contributed by atoms with Crippen molar-refractivity contribution in [2.75, 3.05) is 0 Å². The SMILES string of the molecule is CC(C)(O)CCC(OC(=O)c1ccccc1)C(C)(O)C1CCC2(O)C3=CC(=O)C4(O)CC(O)C(O)CC4(C)C3CCC12C. The molecule has 10 atom stereocenters. The molecule has 0 bridgehead atoms. The standard InChI is InChI=1S/C34H48O9/c1-29(2,39)14-13-27(43-28(38)20-9-7-6-8-10-20)32(5,40)25-12-16-33(41)22-17-26(37)34(42)19-24(36)23(35)18-31(34,4)21(22)11-15-30(25,33)3/h6-10,17,21,23-25,27,35-36,39-42H,11-16,18-19H2,1-5H3. The van der Waals surface area contributed by atoms with Crippen LogP contribution in [0.15, 0.2) is 42.0 Å². The van der Waals surface area contributed by atoms with Gasteiger partial charge in [0.2, 0.25) is 0 Å². The van der Waals surface area contributed by atoms with Gasteiger partial charge in [0, 0.05) is 17.3 Å². The summed E-state index contributed by atoms with van der Waals surface area (Å²) in [5.74, 6) is -2.12. The lowest BCUT2D eigenvalue weighted by molar-refractivity contribution is -0.211. The first-order chi connectivity index (χ1) is 19.8. The first kappa shape index (κ1) is 32.3. The Balaban J connectivity index is 1.50. The summed E-state index contributed by atoms with van der Waals surface area (Å²) in [7, 11) is 0. The second-order valence-electron chi connectivity index (χ2n) is 15.1. The van der Waals surface area contributed by atoms with Crippen molar-refractivity contribution < 1.29 is 45.0 Å². The smallest absolute Gasteiger partial charge is 0.338 e. The van der Waals surface area contributed by atoms with Crippen LogP contribution >= 0.6 is 0 Å². The maximum absolute atomic E-state index is 13.6. The minimum atomic E-state index is -1.86. The minimum absolute atomic E-state index is 0.0147. The number of hydrogen-bond acceptors (Lipinski definition) is 9. The maximum atomic E-state index is 13.6. The van der Waals surface area contributed by atoms with E-state index in [2.05, 4.69) is 0 Å². The van der Waals surface area contributed by atoms with Crippen LogP contribution < -0.4 is 0 Å². The summed E-state index contributed by atoms with van der Waals surface area (Å²) in [6.07, 6.45) is -0.182. The Morgan fingerprint density at radius 1 is 0.953 bits per heavy atom. The zero-order valence-electron chi connectivity index (χ0n) is 25.9. The van der Waals surface area contributed by atoms with E-state index in [0.717, 1.165) is 0 Å². The van der Waals surface area contributed by atoms with Crippen LogP contribution in [0.25, 0.3) is 0 Å². The van der Waals surface area contributed by atoms with Crippen molar-refractivity contribution in [1.29, 1.82) is 0 Å². The molecule has 0 amide bonds. The van der Waals surface area contributed by atoms with Gasteiger partial charge in [-0.15, -0.1) is 0 Å². The quantitative estimate of drug-likeness (QED) is 0.258. The molecular formula is C34H48O9. The molecule has 3 fully saturated rings. The Kier molecular flexibility index (Phi) is 7.85. The topological polar surface area (TPSA) is 165 Å². The van der Waals surface area contributed by atoms with Crippen molar-refractivity contribution in [3.05, 3.63) is 47.5 Å². The summed E-state index contributed by atoms with van der Waals surface area (Å²) in [6, 6.07) is 8.51. The number of ketones is 1. The van der Waals surface area contributed by atoms with Crippen molar-refractivity contribution in [3.8, 4) is 0 Å². The molecule has 1 aromatic carbocycles. The predicted molar refractivity (Wildman–Crippen MR) is 158 cm³/mol. The molecule has 238 valence electrons. The third kappa shape index (κ3) is 4.91. The van der Waals surface area contributed by atoms with Gasteiger partial charge in [0.05, 0.1) is 29.0 Å². The molecule has 5 rings (SSSR count). The lowest BCUT2D eigenvalue weighted by Gasteiger charge is -2.62. The van der Waals surface area contributed by atoms with Crippen LogP contribution in [0, 0.1) is 22.7 Å². The number of aliphatic hydroxyl groups is 6. The molecular weight excluding hydrogens is 552 g/mol. The van der Waals surface area contributed by atoms with E-state index in [1.165, 1.54) is 6.08 Å². The average Bonchev–Trinajstić information content (AvgIpc) is 3.21. The molecule has 0 aromatic heterocycles. The fraction of sp³-hybridized carbons (Fsp3) is 0.706. The summed E-state index contributed by atoms with van der Waals surface area (Å²) < 4.78 is 5.98. The van der Waals surface area contributed by atoms with Crippen LogP contribution in [0.3, 0.4) is 0 Å². The first-order valence-electron chi connectivity index (χ1n) is 15.6. The van der Waals surface area contributed by atoms with Crippen molar-refractivity contribution in [3.63, 3.8) is 0 Å². The van der Waals surface area contributed by atoms with Gasteiger partial charge < -0.3 is 35.4 Å². The van der Waals surface area contributed by atoms with Gasteiger partial charge in [0.15, 0.2) is 5.78 Å². The van der Waals surface area contributed by atoms with Crippen molar-refractivity contribution in [2.45, 2.75) is 127 Å². The number of hydrogen-bond donors (Lipinski definition) is 6. The van der Waals surface area contributed by atoms with E-state index < -0.39 is 75.1 Å². The van der Waals surface area contributed by atoms with Crippen molar-refractivity contribution in [2.24, 2.45) is 22.7 Å². The van der Waals surface area contributed by atoms with E-state index in [1.54, 1.807) is 58.0 Å². The third-order valence-corrected chi connectivity index (χ3v) is 11.9. The van der Waals surface area contributed by atoms with Crippen molar-refractivity contribution >= 4 is 11.8 Å². The van der Waals surface area contributed by atoms with Crippen LogP contribution in [0.1, 0.15) is 96.3 Å². The van der Waals surface area contributed by atoms with Gasteiger partial charge >= 0.3 is 5.97 Å². The Morgan fingerprint density at radius 2 is 1.58 bits per heavy atom. The summed E-state index contributed by atoms with van der Waals surface area (Å²) in [5.41, 5.74) is -7.17. The Hall–Kier alpha value is -2.14. The highest BCUT2D eigenvalue weighted by atomic mass is 16.6.